The van der Waals surface area contributed by atoms with Gasteiger partial charge in [-0.1, -0.05) is 18.2 Å². The van der Waals surface area contributed by atoms with Crippen LogP contribution in [0.3, 0.4) is 0 Å². The SMILES string of the molecule is Cc1ccc(CCN2CCN(C(=O)Oc3ccc(Cc4cc(C)ccn4)cc3)CC2)nc1. The molecule has 3 heterocycles. The lowest BCUT2D eigenvalue weighted by Crippen LogP contribution is -2.49. The molecule has 2 aromatic heterocycles. The second-order valence-corrected chi connectivity index (χ2v) is 8.42. The standard InChI is InChI=1S/C26H30N4O2/c1-20-9-11-27-24(17-20)18-22-4-7-25(8-5-22)32-26(31)30-15-13-29(14-16-30)12-10-23-6-3-21(2)19-28-23/h3-9,11,17,19H,10,12-16,18H2,1-2H3. The molecule has 1 aliphatic rings. The van der Waals surface area contributed by atoms with E-state index < -0.39 is 0 Å². The molecule has 0 unspecified atom stereocenters. The Morgan fingerprint density at radius 1 is 0.906 bits per heavy atom. The third-order valence-corrected chi connectivity index (χ3v) is 5.77. The quantitative estimate of drug-likeness (QED) is 0.591. The third-order valence-electron chi connectivity index (χ3n) is 5.77. The molecule has 0 N–H and O–H groups in total. The fourth-order valence-corrected chi connectivity index (χ4v) is 3.82. The van der Waals surface area contributed by atoms with Gasteiger partial charge in [0.1, 0.15) is 5.75 Å². The largest absolute Gasteiger partial charge is 0.415 e. The van der Waals surface area contributed by atoms with E-state index in [9.17, 15) is 4.79 Å². The molecule has 1 aliphatic heterocycles. The number of hydrogen-bond acceptors (Lipinski definition) is 5. The molecule has 32 heavy (non-hydrogen) atoms. The molecule has 6 heteroatoms. The Morgan fingerprint density at radius 2 is 1.69 bits per heavy atom. The molecule has 0 atom stereocenters. The molecule has 4 rings (SSSR count). The highest BCUT2D eigenvalue weighted by atomic mass is 16.6. The normalized spacial score (nSPS) is 14.4. The highest BCUT2D eigenvalue weighted by Gasteiger charge is 2.22. The van der Waals surface area contributed by atoms with Crippen molar-refractivity contribution in [3.8, 4) is 5.75 Å². The van der Waals surface area contributed by atoms with E-state index in [-0.39, 0.29) is 6.09 Å². The van der Waals surface area contributed by atoms with Crippen molar-refractivity contribution in [2.75, 3.05) is 32.7 Å². The number of amides is 1. The number of pyridine rings is 2. The number of ether oxygens (including phenoxy) is 1. The Morgan fingerprint density at radius 3 is 2.38 bits per heavy atom. The van der Waals surface area contributed by atoms with Gasteiger partial charge in [0.2, 0.25) is 0 Å². The van der Waals surface area contributed by atoms with Crippen LogP contribution < -0.4 is 4.74 Å². The number of carbonyl (C=O) groups excluding carboxylic acids is 1. The van der Waals surface area contributed by atoms with E-state index in [1.807, 2.05) is 49.6 Å². The summed E-state index contributed by atoms with van der Waals surface area (Å²) in [6.45, 7) is 8.12. The van der Waals surface area contributed by atoms with Crippen LogP contribution in [0.25, 0.3) is 0 Å². The van der Waals surface area contributed by atoms with Gasteiger partial charge < -0.3 is 9.64 Å². The van der Waals surface area contributed by atoms with E-state index in [0.717, 1.165) is 49.4 Å². The van der Waals surface area contributed by atoms with Crippen LogP contribution in [0.4, 0.5) is 4.79 Å². The lowest BCUT2D eigenvalue weighted by atomic mass is 10.1. The first-order valence-electron chi connectivity index (χ1n) is 11.2. The Kier molecular flexibility index (Phi) is 7.12. The van der Waals surface area contributed by atoms with Gasteiger partial charge in [-0.2, -0.15) is 0 Å². The summed E-state index contributed by atoms with van der Waals surface area (Å²) in [4.78, 5) is 25.6. The summed E-state index contributed by atoms with van der Waals surface area (Å²) in [5.41, 5.74) is 5.66. The van der Waals surface area contributed by atoms with Crippen molar-refractivity contribution in [2.45, 2.75) is 26.7 Å². The van der Waals surface area contributed by atoms with Crippen LogP contribution in [0.5, 0.6) is 5.75 Å². The van der Waals surface area contributed by atoms with Gasteiger partial charge in [-0.3, -0.25) is 14.9 Å². The van der Waals surface area contributed by atoms with Crippen LogP contribution in [0.1, 0.15) is 28.1 Å². The Hall–Kier alpha value is -3.25. The fourth-order valence-electron chi connectivity index (χ4n) is 3.82. The van der Waals surface area contributed by atoms with Gasteiger partial charge in [0.25, 0.3) is 0 Å². The van der Waals surface area contributed by atoms with Crippen LogP contribution >= 0.6 is 0 Å². The van der Waals surface area contributed by atoms with Gasteiger partial charge in [-0.05, 0) is 60.9 Å². The summed E-state index contributed by atoms with van der Waals surface area (Å²) in [5.74, 6) is 0.573. The van der Waals surface area contributed by atoms with E-state index >= 15 is 0 Å². The Balaban J connectivity index is 1.22. The second kappa shape index (κ2) is 10.4. The number of piperazine rings is 1. The molecule has 166 valence electrons. The summed E-state index contributed by atoms with van der Waals surface area (Å²) in [5, 5.41) is 0. The summed E-state index contributed by atoms with van der Waals surface area (Å²) < 4.78 is 5.60. The van der Waals surface area contributed by atoms with Gasteiger partial charge >= 0.3 is 6.09 Å². The average Bonchev–Trinajstić information content (AvgIpc) is 2.80. The topological polar surface area (TPSA) is 58.6 Å². The number of aromatic nitrogens is 2. The zero-order valence-corrected chi connectivity index (χ0v) is 18.8. The van der Waals surface area contributed by atoms with Crippen LogP contribution in [0.15, 0.2) is 60.9 Å². The zero-order valence-electron chi connectivity index (χ0n) is 18.8. The Bertz CT molecular complexity index is 1030. The minimum Gasteiger partial charge on any atom is -0.410 e. The lowest BCUT2D eigenvalue weighted by Gasteiger charge is -2.33. The summed E-state index contributed by atoms with van der Waals surface area (Å²) in [6.07, 6.45) is 5.15. The molecular formula is C26H30N4O2. The molecule has 6 nitrogen and oxygen atoms in total. The molecule has 1 amide bonds. The van der Waals surface area contributed by atoms with E-state index in [0.29, 0.717) is 18.8 Å². The molecule has 3 aromatic rings. The zero-order chi connectivity index (χ0) is 22.3. The highest BCUT2D eigenvalue weighted by Crippen LogP contribution is 2.17. The molecule has 0 aliphatic carbocycles. The summed E-state index contributed by atoms with van der Waals surface area (Å²) in [7, 11) is 0. The number of carbonyl (C=O) groups is 1. The maximum absolute atomic E-state index is 12.6. The van der Waals surface area contributed by atoms with Crippen molar-refractivity contribution in [3.05, 3.63) is 89.0 Å². The first kappa shape index (κ1) is 22.0. The van der Waals surface area contributed by atoms with Crippen LogP contribution in [0.2, 0.25) is 0 Å². The third kappa shape index (κ3) is 6.14. The van der Waals surface area contributed by atoms with E-state index in [4.69, 9.17) is 4.74 Å². The maximum atomic E-state index is 12.6. The minimum absolute atomic E-state index is 0.280. The van der Waals surface area contributed by atoms with Crippen molar-refractivity contribution in [1.82, 2.24) is 19.8 Å². The predicted octanol–water partition coefficient (Wildman–Crippen LogP) is 4.04. The summed E-state index contributed by atoms with van der Waals surface area (Å²) >= 11 is 0. The van der Waals surface area contributed by atoms with E-state index in [1.54, 1.807) is 4.90 Å². The molecule has 1 saturated heterocycles. The van der Waals surface area contributed by atoms with Crippen LogP contribution in [-0.4, -0.2) is 58.6 Å². The Labute approximate surface area is 189 Å². The number of nitrogens with zero attached hydrogens (tertiary/aromatic N) is 4. The number of hydrogen-bond donors (Lipinski definition) is 0. The first-order chi connectivity index (χ1) is 15.5. The van der Waals surface area contributed by atoms with Crippen molar-refractivity contribution in [1.29, 1.82) is 0 Å². The lowest BCUT2D eigenvalue weighted by molar-refractivity contribution is 0.111. The van der Waals surface area contributed by atoms with Crippen molar-refractivity contribution < 1.29 is 9.53 Å². The highest BCUT2D eigenvalue weighted by molar-refractivity contribution is 5.70. The van der Waals surface area contributed by atoms with Crippen molar-refractivity contribution >= 4 is 6.09 Å². The van der Waals surface area contributed by atoms with E-state index in [1.165, 1.54) is 11.1 Å². The van der Waals surface area contributed by atoms with Gasteiger partial charge in [0.05, 0.1) is 0 Å². The fraction of sp³-hybridized carbons (Fsp3) is 0.346. The maximum Gasteiger partial charge on any atom is 0.415 e. The number of benzene rings is 1. The van der Waals surface area contributed by atoms with Crippen LogP contribution in [-0.2, 0) is 12.8 Å². The molecule has 0 bridgehead atoms. The van der Waals surface area contributed by atoms with Gasteiger partial charge in [0, 0.05) is 69.3 Å². The van der Waals surface area contributed by atoms with Crippen molar-refractivity contribution in [3.63, 3.8) is 0 Å². The van der Waals surface area contributed by atoms with E-state index in [2.05, 4.69) is 40.0 Å². The predicted molar refractivity (Wildman–Crippen MR) is 125 cm³/mol. The van der Waals surface area contributed by atoms with Gasteiger partial charge in [-0.15, -0.1) is 0 Å². The molecule has 0 saturated carbocycles. The second-order valence-electron chi connectivity index (χ2n) is 8.42. The average molecular weight is 431 g/mol. The molecule has 0 radical (unpaired) electrons. The number of rotatable bonds is 6. The summed E-state index contributed by atoms with van der Waals surface area (Å²) in [6, 6.07) is 16.0. The van der Waals surface area contributed by atoms with Gasteiger partial charge in [-0.25, -0.2) is 4.79 Å². The number of aryl methyl sites for hydroxylation is 2. The van der Waals surface area contributed by atoms with Crippen LogP contribution in [0, 0.1) is 13.8 Å². The first-order valence-corrected chi connectivity index (χ1v) is 11.2. The van der Waals surface area contributed by atoms with Crippen molar-refractivity contribution in [2.24, 2.45) is 0 Å². The molecule has 1 fully saturated rings. The molecular weight excluding hydrogens is 400 g/mol. The smallest absolute Gasteiger partial charge is 0.410 e. The minimum atomic E-state index is -0.280. The monoisotopic (exact) mass is 430 g/mol. The van der Waals surface area contributed by atoms with Gasteiger partial charge in [0.15, 0.2) is 0 Å². The molecule has 1 aromatic carbocycles. The molecule has 0 spiro atoms.